The van der Waals surface area contributed by atoms with E-state index in [2.05, 4.69) is 6.07 Å². The summed E-state index contributed by atoms with van der Waals surface area (Å²) in [4.78, 5) is 12.8. The molecule has 0 spiro atoms. The fourth-order valence-electron chi connectivity index (χ4n) is 4.41. The van der Waals surface area contributed by atoms with Crippen molar-refractivity contribution in [2.24, 2.45) is 5.73 Å². The van der Waals surface area contributed by atoms with E-state index in [-0.39, 0.29) is 38.6 Å². The Morgan fingerprint density at radius 3 is 2.39 bits per heavy atom. The molecule has 1 heterocycles. The van der Waals surface area contributed by atoms with E-state index in [0.29, 0.717) is 28.7 Å². The molecule has 0 aromatic heterocycles. The fraction of sp³-hybridized carbons (Fsp3) is 0.0968. The van der Waals surface area contributed by atoms with Crippen molar-refractivity contribution in [2.75, 3.05) is 7.11 Å². The number of carbonyl (C=O) groups is 1. The minimum Gasteiger partial charge on any atom is -0.494 e. The highest BCUT2D eigenvalue weighted by atomic mass is 35.5. The van der Waals surface area contributed by atoms with Crippen LogP contribution in [0.4, 0.5) is 0 Å². The molecule has 5 rings (SSSR count). The van der Waals surface area contributed by atoms with Gasteiger partial charge in [0.15, 0.2) is 5.75 Å². The number of nitrogens with two attached hydrogens (primary N) is 1. The fourth-order valence-corrected chi connectivity index (χ4v) is 5.18. The predicted molar refractivity (Wildman–Crippen MR) is 156 cm³/mol. The van der Waals surface area contributed by atoms with Crippen molar-refractivity contribution in [3.8, 4) is 29.1 Å². The molecule has 41 heavy (non-hydrogen) atoms. The molecule has 0 aliphatic carbocycles. The van der Waals surface area contributed by atoms with E-state index in [4.69, 9.17) is 59.5 Å². The van der Waals surface area contributed by atoms with Crippen molar-refractivity contribution >= 4 is 40.8 Å². The molecule has 206 valence electrons. The van der Waals surface area contributed by atoms with Crippen LogP contribution in [0.2, 0.25) is 15.1 Å². The summed E-state index contributed by atoms with van der Waals surface area (Å²) in [5.41, 5.74) is 8.95. The van der Waals surface area contributed by atoms with Gasteiger partial charge in [0.1, 0.15) is 35.5 Å². The SMILES string of the molecule is COc1c(Cl)cc(C(=O)Oc2ccc3c(c2)OC(N)=C(C#N)C3c2cccc(OCc3ccc(Cl)cc3)c2)cc1Cl. The largest absolute Gasteiger partial charge is 0.494 e. The molecule has 1 aliphatic rings. The van der Waals surface area contributed by atoms with E-state index in [1.807, 2.05) is 36.4 Å². The van der Waals surface area contributed by atoms with Crippen LogP contribution in [0.5, 0.6) is 23.0 Å². The third-order valence-electron chi connectivity index (χ3n) is 6.35. The Hall–Kier alpha value is -4.35. The number of allylic oxidation sites excluding steroid dienone is 1. The van der Waals surface area contributed by atoms with Gasteiger partial charge in [-0.15, -0.1) is 0 Å². The van der Waals surface area contributed by atoms with E-state index in [1.165, 1.54) is 25.3 Å². The lowest BCUT2D eigenvalue weighted by molar-refractivity contribution is 0.0734. The van der Waals surface area contributed by atoms with Gasteiger partial charge in [0.2, 0.25) is 5.88 Å². The smallest absolute Gasteiger partial charge is 0.343 e. The van der Waals surface area contributed by atoms with Gasteiger partial charge in [0, 0.05) is 16.7 Å². The monoisotopic (exact) mass is 606 g/mol. The minimum absolute atomic E-state index is 0.0466. The van der Waals surface area contributed by atoms with Gasteiger partial charge in [-0.05, 0) is 53.6 Å². The number of ether oxygens (including phenoxy) is 4. The maximum atomic E-state index is 12.8. The van der Waals surface area contributed by atoms with Crippen LogP contribution in [-0.2, 0) is 6.61 Å². The lowest BCUT2D eigenvalue weighted by atomic mass is 9.83. The number of carbonyl (C=O) groups excluding carboxylic acids is 1. The van der Waals surface area contributed by atoms with Crippen molar-refractivity contribution in [1.29, 1.82) is 5.26 Å². The van der Waals surface area contributed by atoms with Gasteiger partial charge < -0.3 is 24.7 Å². The van der Waals surface area contributed by atoms with Crippen LogP contribution in [0.1, 0.15) is 33.0 Å². The second-order valence-corrected chi connectivity index (χ2v) is 10.2. The van der Waals surface area contributed by atoms with Crippen LogP contribution in [0.3, 0.4) is 0 Å². The average Bonchev–Trinajstić information content (AvgIpc) is 2.96. The van der Waals surface area contributed by atoms with Crippen LogP contribution in [0.15, 0.2) is 90.3 Å². The number of nitriles is 1. The van der Waals surface area contributed by atoms with E-state index >= 15 is 0 Å². The van der Waals surface area contributed by atoms with Gasteiger partial charge in [0.25, 0.3) is 0 Å². The molecule has 0 amide bonds. The highest BCUT2D eigenvalue weighted by Crippen LogP contribution is 2.44. The van der Waals surface area contributed by atoms with E-state index < -0.39 is 11.9 Å². The molecule has 7 nitrogen and oxygen atoms in total. The number of rotatable bonds is 7. The predicted octanol–water partition coefficient (Wildman–Crippen LogP) is 7.67. The third-order valence-corrected chi connectivity index (χ3v) is 7.16. The van der Waals surface area contributed by atoms with Crippen LogP contribution < -0.4 is 24.7 Å². The van der Waals surface area contributed by atoms with Crippen LogP contribution in [0.25, 0.3) is 0 Å². The molecular formula is C31H21Cl3N2O5. The summed E-state index contributed by atoms with van der Waals surface area (Å²) in [5.74, 6) is 0.146. The zero-order chi connectivity index (χ0) is 29.1. The Morgan fingerprint density at radius 2 is 1.71 bits per heavy atom. The van der Waals surface area contributed by atoms with Crippen LogP contribution in [0, 0.1) is 11.3 Å². The topological polar surface area (TPSA) is 104 Å². The van der Waals surface area contributed by atoms with Crippen molar-refractivity contribution in [3.05, 3.63) is 128 Å². The standard InChI is InChI=1S/C31H21Cl3N2O5/c1-38-29-25(33)12-19(13-26(29)34)31(37)40-22-9-10-23-27(14-22)41-30(36)24(15-35)28(23)18-3-2-4-21(11-18)39-16-17-5-7-20(32)8-6-17/h2-14,28H,16,36H2,1H3. The Balaban J connectivity index is 1.41. The molecule has 4 aromatic rings. The van der Waals surface area contributed by atoms with Crippen molar-refractivity contribution < 1.29 is 23.7 Å². The molecule has 1 aliphatic heterocycles. The van der Waals surface area contributed by atoms with Gasteiger partial charge in [-0.1, -0.05) is 65.1 Å². The van der Waals surface area contributed by atoms with Crippen molar-refractivity contribution in [3.63, 3.8) is 0 Å². The summed E-state index contributed by atoms with van der Waals surface area (Å²) >= 11 is 18.3. The number of halogens is 3. The molecule has 0 fully saturated rings. The molecular weight excluding hydrogens is 587 g/mol. The van der Waals surface area contributed by atoms with Crippen molar-refractivity contribution in [1.82, 2.24) is 0 Å². The summed E-state index contributed by atoms with van der Waals surface area (Å²) in [6, 6.07) is 24.6. The average molecular weight is 608 g/mol. The summed E-state index contributed by atoms with van der Waals surface area (Å²) in [5, 5.41) is 10.9. The molecule has 0 saturated heterocycles. The van der Waals surface area contributed by atoms with E-state index in [0.717, 1.165) is 11.1 Å². The summed E-state index contributed by atoms with van der Waals surface area (Å²) in [7, 11) is 1.42. The number of nitrogens with zero attached hydrogens (tertiary/aromatic N) is 1. The number of benzene rings is 4. The van der Waals surface area contributed by atoms with E-state index in [1.54, 1.807) is 24.3 Å². The maximum absolute atomic E-state index is 12.8. The number of methoxy groups -OCH3 is 1. The third kappa shape index (κ3) is 6.06. The second kappa shape index (κ2) is 12.0. The van der Waals surface area contributed by atoms with Crippen LogP contribution in [-0.4, -0.2) is 13.1 Å². The van der Waals surface area contributed by atoms with Gasteiger partial charge >= 0.3 is 5.97 Å². The summed E-state index contributed by atoms with van der Waals surface area (Å²) in [6.45, 7) is 0.341. The van der Waals surface area contributed by atoms with Gasteiger partial charge in [-0.2, -0.15) is 5.26 Å². The maximum Gasteiger partial charge on any atom is 0.343 e. The number of hydrogen-bond donors (Lipinski definition) is 1. The lowest BCUT2D eigenvalue weighted by Gasteiger charge is -2.27. The molecule has 10 heteroatoms. The highest BCUT2D eigenvalue weighted by molar-refractivity contribution is 6.37. The highest BCUT2D eigenvalue weighted by Gasteiger charge is 2.31. The van der Waals surface area contributed by atoms with E-state index in [9.17, 15) is 10.1 Å². The molecule has 2 N–H and O–H groups in total. The summed E-state index contributed by atoms with van der Waals surface area (Å²) in [6.07, 6.45) is 0. The molecule has 1 atom stereocenters. The first kappa shape index (κ1) is 28.2. The Morgan fingerprint density at radius 1 is 0.976 bits per heavy atom. The van der Waals surface area contributed by atoms with Crippen LogP contribution >= 0.6 is 34.8 Å². The van der Waals surface area contributed by atoms with Crippen molar-refractivity contribution in [2.45, 2.75) is 12.5 Å². The molecule has 0 saturated carbocycles. The normalized spacial score (nSPS) is 14.0. The zero-order valence-electron chi connectivity index (χ0n) is 21.5. The molecule has 1 unspecified atom stereocenters. The summed E-state index contributed by atoms with van der Waals surface area (Å²) < 4.78 is 22.4. The second-order valence-electron chi connectivity index (χ2n) is 8.97. The molecule has 4 aromatic carbocycles. The first-order chi connectivity index (χ1) is 19.8. The Labute approximate surface area is 251 Å². The Kier molecular flexibility index (Phi) is 8.27. The number of fused-ring (bicyclic) bond motifs is 1. The molecule has 0 radical (unpaired) electrons. The molecule has 0 bridgehead atoms. The quantitative estimate of drug-likeness (QED) is 0.170. The first-order valence-corrected chi connectivity index (χ1v) is 13.3. The van der Waals surface area contributed by atoms with Gasteiger partial charge in [-0.25, -0.2) is 4.79 Å². The minimum atomic E-state index is -0.685. The lowest BCUT2D eigenvalue weighted by Crippen LogP contribution is -2.21. The number of esters is 1. The van der Waals surface area contributed by atoms with Gasteiger partial charge in [0.05, 0.1) is 28.6 Å². The Bertz CT molecular complexity index is 1690. The first-order valence-electron chi connectivity index (χ1n) is 12.2. The zero-order valence-corrected chi connectivity index (χ0v) is 23.8. The van der Waals surface area contributed by atoms with Gasteiger partial charge in [-0.3, -0.25) is 0 Å². The number of hydrogen-bond acceptors (Lipinski definition) is 7.